The number of likely N-dealkylation sites (N-methyl/N-ethyl adjacent to an activating group) is 1. The Morgan fingerprint density at radius 3 is 2.49 bits per heavy atom. The fourth-order valence-electron chi connectivity index (χ4n) is 9.97. The summed E-state index contributed by atoms with van der Waals surface area (Å²) in [5.74, 6) is 1.77. The molecule has 1 unspecified atom stereocenters. The Labute approximate surface area is 363 Å². The van der Waals surface area contributed by atoms with Crippen LogP contribution in [-0.4, -0.2) is 96.7 Å². The summed E-state index contributed by atoms with van der Waals surface area (Å²) in [5, 5.41) is 7.50. The van der Waals surface area contributed by atoms with E-state index in [1.165, 1.54) is 28.2 Å². The minimum atomic E-state index is -0.235. The molecule has 13 heteroatoms. The second-order valence-corrected chi connectivity index (χ2v) is 18.0. The van der Waals surface area contributed by atoms with E-state index in [2.05, 4.69) is 106 Å². The number of allylic oxidation sites excluding steroid dienone is 2. The van der Waals surface area contributed by atoms with Crippen LogP contribution >= 0.6 is 12.1 Å². The fourth-order valence-corrected chi connectivity index (χ4v) is 11.1. The van der Waals surface area contributed by atoms with Crippen molar-refractivity contribution in [2.24, 2.45) is 5.92 Å². The van der Waals surface area contributed by atoms with Gasteiger partial charge in [0.25, 0.3) is 0 Å². The quantitative estimate of drug-likeness (QED) is 0.0741. The summed E-state index contributed by atoms with van der Waals surface area (Å²) < 4.78 is 20.4. The molecule has 0 spiro atoms. The van der Waals surface area contributed by atoms with Gasteiger partial charge in [-0.15, -0.1) is 6.58 Å². The molecule has 61 heavy (non-hydrogen) atoms. The molecule has 5 aromatic rings. The van der Waals surface area contributed by atoms with Crippen LogP contribution in [-0.2, 0) is 6.42 Å². The molecule has 0 aliphatic carbocycles. The first-order valence-electron chi connectivity index (χ1n) is 21.9. The number of H-pyrrole nitrogens is 1. The average Bonchev–Trinajstić information content (AvgIpc) is 4.02. The second kappa shape index (κ2) is 16.7. The molecule has 7 heterocycles. The van der Waals surface area contributed by atoms with E-state index in [0.717, 1.165) is 119 Å². The summed E-state index contributed by atoms with van der Waals surface area (Å²) in [6.45, 7) is 21.5. The van der Waals surface area contributed by atoms with Gasteiger partial charge in [-0.05, 0) is 85.7 Å². The topological polar surface area (TPSA) is 85.1 Å². The maximum absolute atomic E-state index is 15.8. The summed E-state index contributed by atoms with van der Waals surface area (Å²) in [6.07, 6.45) is 8.95. The number of piperazine rings is 1. The van der Waals surface area contributed by atoms with Gasteiger partial charge in [0.15, 0.2) is 5.82 Å². The predicted molar refractivity (Wildman–Crippen MR) is 251 cm³/mol. The van der Waals surface area contributed by atoms with Crippen LogP contribution in [0.25, 0.3) is 11.0 Å². The third-order valence-electron chi connectivity index (χ3n) is 13.6. The van der Waals surface area contributed by atoms with Crippen molar-refractivity contribution in [2.45, 2.75) is 44.1 Å². The SMILES string of the molecule is C=CCCC(C(=C)NC)c1ccc(N2CC(C(=C)N3CCN(C4CCN(c5ccc(Nc6nc(N7SN8CCc9cccc7c98)c7cc[nH]c7n6)cc5F)CC4)CC3)C2)cc1. The van der Waals surface area contributed by atoms with E-state index >= 15 is 4.39 Å². The Hall–Kier alpha value is -5.66. The van der Waals surface area contributed by atoms with Crippen molar-refractivity contribution in [3.8, 4) is 0 Å². The molecular formula is C48H56FN11S. The summed E-state index contributed by atoms with van der Waals surface area (Å²) >= 11 is 1.67. The van der Waals surface area contributed by atoms with E-state index in [4.69, 9.17) is 9.97 Å². The lowest BCUT2D eigenvalue weighted by Crippen LogP contribution is -2.56. The third kappa shape index (κ3) is 7.56. The van der Waals surface area contributed by atoms with Crippen LogP contribution in [0.1, 0.15) is 42.7 Å². The number of anilines is 7. The van der Waals surface area contributed by atoms with Gasteiger partial charge in [0.05, 0.1) is 34.6 Å². The van der Waals surface area contributed by atoms with E-state index in [1.54, 1.807) is 18.2 Å². The van der Waals surface area contributed by atoms with Crippen molar-refractivity contribution in [3.05, 3.63) is 127 Å². The Balaban J connectivity index is 0.701. The average molecular weight is 838 g/mol. The van der Waals surface area contributed by atoms with Crippen molar-refractivity contribution < 1.29 is 4.39 Å². The minimum Gasteiger partial charge on any atom is -0.391 e. The number of halogens is 1. The van der Waals surface area contributed by atoms with Gasteiger partial charge in [0.1, 0.15) is 11.5 Å². The molecule has 5 aliphatic heterocycles. The van der Waals surface area contributed by atoms with E-state index < -0.39 is 0 Å². The van der Waals surface area contributed by atoms with Gasteiger partial charge in [0, 0.05) is 113 Å². The Kier molecular flexibility index (Phi) is 10.8. The highest BCUT2D eigenvalue weighted by atomic mass is 32.2. The fraction of sp³-hybridized carbons (Fsp3) is 0.375. The van der Waals surface area contributed by atoms with Gasteiger partial charge in [0.2, 0.25) is 5.95 Å². The molecule has 5 aliphatic rings. The van der Waals surface area contributed by atoms with E-state index in [1.807, 2.05) is 37.5 Å². The molecule has 3 saturated heterocycles. The van der Waals surface area contributed by atoms with Gasteiger partial charge >= 0.3 is 0 Å². The standard InChI is InChI=1S/C48H56FN11S/c1-5-6-9-40(32(2)50-4)34-11-14-38(15-12-34)58-30-36(31-58)33(3)55-25-27-56(28-26-55)39-19-22-57(23-20-39)43-16-13-37(29-42(43)49)52-48-53-46-41(17-21-51-46)47(54-48)60-44-10-7-8-35-18-24-59(61-60)45(35)44/h5,7-8,10-17,21,29,36,39-40,50H,1-3,6,9,18-20,22-28,30-31H2,4H3,(H2,51,52,53,54). The first-order valence-corrected chi connectivity index (χ1v) is 22.6. The van der Waals surface area contributed by atoms with Crippen molar-refractivity contribution in [1.29, 1.82) is 0 Å². The van der Waals surface area contributed by atoms with Gasteiger partial charge in [-0.3, -0.25) is 9.21 Å². The summed E-state index contributed by atoms with van der Waals surface area (Å²) in [5.41, 5.74) is 10.7. The molecule has 0 bridgehead atoms. The zero-order valence-corrected chi connectivity index (χ0v) is 35.9. The molecule has 11 nitrogen and oxygen atoms in total. The molecular weight excluding hydrogens is 782 g/mol. The number of aromatic nitrogens is 3. The van der Waals surface area contributed by atoms with Crippen LogP contribution in [0.3, 0.4) is 0 Å². The van der Waals surface area contributed by atoms with Crippen LogP contribution in [0.2, 0.25) is 0 Å². The molecule has 0 saturated carbocycles. The summed E-state index contributed by atoms with van der Waals surface area (Å²) in [4.78, 5) is 22.8. The molecule has 10 rings (SSSR count). The second-order valence-electron chi connectivity index (χ2n) is 17.0. The number of benzene rings is 3. The lowest BCUT2D eigenvalue weighted by Gasteiger charge is -2.48. The molecule has 3 aromatic carbocycles. The van der Waals surface area contributed by atoms with Gasteiger partial charge in [-0.1, -0.05) is 43.5 Å². The Morgan fingerprint density at radius 2 is 1.74 bits per heavy atom. The zero-order chi connectivity index (χ0) is 41.6. The number of nitrogens with zero attached hydrogens (tertiary/aromatic N) is 8. The van der Waals surface area contributed by atoms with Crippen molar-refractivity contribution in [3.63, 3.8) is 0 Å². The number of hydrogen-bond donors (Lipinski definition) is 3. The maximum atomic E-state index is 15.8. The summed E-state index contributed by atoms with van der Waals surface area (Å²) in [6, 6.07) is 23.4. The van der Waals surface area contributed by atoms with Gasteiger partial charge in [-0.2, -0.15) is 9.97 Å². The number of aromatic amines is 1. The lowest BCUT2D eigenvalue weighted by atomic mass is 9.90. The van der Waals surface area contributed by atoms with Crippen LogP contribution in [0.5, 0.6) is 0 Å². The first kappa shape index (κ1) is 39.5. The number of nitrogens with one attached hydrogen (secondary N) is 3. The summed E-state index contributed by atoms with van der Waals surface area (Å²) in [7, 11) is 1.95. The lowest BCUT2D eigenvalue weighted by molar-refractivity contribution is 0.0941. The molecule has 1 atom stereocenters. The van der Waals surface area contributed by atoms with Gasteiger partial charge in [-0.25, -0.2) is 8.70 Å². The van der Waals surface area contributed by atoms with Crippen LogP contribution in [0.15, 0.2) is 110 Å². The number of piperidine rings is 1. The highest BCUT2D eigenvalue weighted by Crippen LogP contribution is 2.54. The van der Waals surface area contributed by atoms with E-state index in [0.29, 0.717) is 29.3 Å². The number of para-hydroxylation sites is 1. The Morgan fingerprint density at radius 1 is 0.934 bits per heavy atom. The normalized spacial score (nSPS) is 18.7. The Bertz CT molecular complexity index is 2430. The van der Waals surface area contributed by atoms with Crippen molar-refractivity contribution in [1.82, 2.24) is 30.1 Å². The molecule has 3 N–H and O–H groups in total. The molecule has 0 radical (unpaired) electrons. The highest BCUT2D eigenvalue weighted by molar-refractivity contribution is 8.02. The van der Waals surface area contributed by atoms with E-state index in [-0.39, 0.29) is 11.7 Å². The smallest absolute Gasteiger partial charge is 0.231 e. The van der Waals surface area contributed by atoms with Crippen LogP contribution in [0, 0.1) is 11.7 Å². The predicted octanol–water partition coefficient (Wildman–Crippen LogP) is 8.94. The number of hydrogen-bond acceptors (Lipinski definition) is 11. The number of fused-ring (bicyclic) bond motifs is 1. The third-order valence-corrected chi connectivity index (χ3v) is 14.7. The van der Waals surface area contributed by atoms with Crippen molar-refractivity contribution in [2.75, 3.05) is 89.7 Å². The molecule has 316 valence electrons. The van der Waals surface area contributed by atoms with Crippen LogP contribution < -0.4 is 29.0 Å². The highest BCUT2D eigenvalue weighted by Gasteiger charge is 2.37. The molecule has 3 fully saturated rings. The largest absolute Gasteiger partial charge is 0.391 e. The number of rotatable bonds is 14. The maximum Gasteiger partial charge on any atom is 0.231 e. The minimum absolute atomic E-state index is 0.235. The first-order chi connectivity index (χ1) is 29.8. The van der Waals surface area contributed by atoms with E-state index in [9.17, 15) is 0 Å². The van der Waals surface area contributed by atoms with Crippen molar-refractivity contribution >= 4 is 63.4 Å². The van der Waals surface area contributed by atoms with Crippen LogP contribution in [0.4, 0.5) is 44.6 Å². The monoisotopic (exact) mass is 837 g/mol. The molecule has 2 aromatic heterocycles. The van der Waals surface area contributed by atoms with Gasteiger partial charge < -0.3 is 30.3 Å². The molecule has 0 amide bonds. The zero-order valence-electron chi connectivity index (χ0n) is 35.1.